The van der Waals surface area contributed by atoms with E-state index in [-0.39, 0.29) is 11.8 Å². The monoisotopic (exact) mass is 423 g/mol. The molecule has 30 heavy (non-hydrogen) atoms. The quantitative estimate of drug-likeness (QED) is 0.543. The second kappa shape index (κ2) is 10.3. The van der Waals surface area contributed by atoms with Crippen LogP contribution in [-0.4, -0.2) is 40.1 Å². The van der Waals surface area contributed by atoms with Gasteiger partial charge in [-0.15, -0.1) is 11.8 Å². The molecule has 0 aliphatic rings. The van der Waals surface area contributed by atoms with Gasteiger partial charge in [-0.2, -0.15) is 0 Å². The number of rotatable bonds is 9. The molecule has 0 radical (unpaired) electrons. The second-order valence-electron chi connectivity index (χ2n) is 7.31. The molecule has 1 N–H and O–H groups in total. The maximum Gasteiger partial charge on any atom is 0.242 e. The Kier molecular flexibility index (Phi) is 7.57. The lowest BCUT2D eigenvalue weighted by atomic mass is 10.2. The number of benzene rings is 2. The molecule has 2 amide bonds. The average molecular weight is 424 g/mol. The number of fused-ring (bicyclic) bond motifs is 1. The third kappa shape index (κ3) is 5.66. The van der Waals surface area contributed by atoms with E-state index in [4.69, 9.17) is 0 Å². The van der Waals surface area contributed by atoms with Crippen molar-refractivity contribution in [3.63, 3.8) is 0 Å². The van der Waals surface area contributed by atoms with Crippen LogP contribution in [0.15, 0.2) is 54.7 Å². The molecule has 0 aliphatic heterocycles. The summed E-state index contributed by atoms with van der Waals surface area (Å²) in [6.07, 6.45) is 1.93. The molecule has 0 saturated heterocycles. The minimum Gasteiger partial charge on any atom is -0.342 e. The number of thioether (sulfide) groups is 1. The Morgan fingerprint density at radius 3 is 2.47 bits per heavy atom. The van der Waals surface area contributed by atoms with Gasteiger partial charge in [-0.25, -0.2) is 0 Å². The molecular weight excluding hydrogens is 394 g/mol. The number of anilines is 1. The fourth-order valence-corrected chi connectivity index (χ4v) is 4.17. The van der Waals surface area contributed by atoms with E-state index in [1.807, 2.05) is 53.8 Å². The SMILES string of the molecule is CCN(CC)C(=O)Cn1ccc2cc(NC(=O)CSCc3ccc(C)cc3)ccc21. The zero-order valence-corrected chi connectivity index (χ0v) is 18.7. The fourth-order valence-electron chi connectivity index (χ4n) is 3.38. The number of amides is 2. The van der Waals surface area contributed by atoms with E-state index in [1.165, 1.54) is 11.1 Å². The number of carbonyl (C=O) groups is 2. The highest BCUT2D eigenvalue weighted by Gasteiger charge is 2.12. The summed E-state index contributed by atoms with van der Waals surface area (Å²) in [5, 5.41) is 3.98. The van der Waals surface area contributed by atoms with Gasteiger partial charge in [0.25, 0.3) is 0 Å². The van der Waals surface area contributed by atoms with Crippen LogP contribution in [0, 0.1) is 6.92 Å². The van der Waals surface area contributed by atoms with Crippen LogP contribution in [0.2, 0.25) is 0 Å². The standard InChI is InChI=1S/C24H29N3O2S/c1-4-26(5-2)24(29)15-27-13-12-20-14-21(10-11-22(20)27)25-23(28)17-30-16-19-8-6-18(3)7-9-19/h6-14H,4-5,15-17H2,1-3H3,(H,25,28). The molecule has 3 rings (SSSR count). The van der Waals surface area contributed by atoms with Crippen LogP contribution in [0.25, 0.3) is 10.9 Å². The molecule has 1 aromatic heterocycles. The predicted octanol–water partition coefficient (Wildman–Crippen LogP) is 4.69. The number of aromatic nitrogens is 1. The fraction of sp³-hybridized carbons (Fsp3) is 0.333. The van der Waals surface area contributed by atoms with Gasteiger partial charge in [0.2, 0.25) is 11.8 Å². The molecule has 1 heterocycles. The molecular formula is C24H29N3O2S. The van der Waals surface area contributed by atoms with Crippen molar-refractivity contribution in [2.45, 2.75) is 33.1 Å². The Hall–Kier alpha value is -2.73. The first-order chi connectivity index (χ1) is 14.5. The lowest BCUT2D eigenvalue weighted by Gasteiger charge is -2.19. The Bertz CT molecular complexity index is 1010. The summed E-state index contributed by atoms with van der Waals surface area (Å²) in [7, 11) is 0. The summed E-state index contributed by atoms with van der Waals surface area (Å²) < 4.78 is 1.96. The van der Waals surface area contributed by atoms with Gasteiger partial charge in [-0.3, -0.25) is 9.59 Å². The molecule has 5 nitrogen and oxygen atoms in total. The van der Waals surface area contributed by atoms with Crippen molar-refractivity contribution >= 4 is 40.2 Å². The molecule has 2 aromatic carbocycles. The van der Waals surface area contributed by atoms with Crippen LogP contribution in [0.3, 0.4) is 0 Å². The maximum atomic E-state index is 12.4. The van der Waals surface area contributed by atoms with E-state index >= 15 is 0 Å². The zero-order chi connectivity index (χ0) is 21.5. The molecule has 158 valence electrons. The molecule has 0 fully saturated rings. The average Bonchev–Trinajstić information content (AvgIpc) is 3.12. The van der Waals surface area contributed by atoms with Crippen LogP contribution >= 0.6 is 11.8 Å². The maximum absolute atomic E-state index is 12.4. The topological polar surface area (TPSA) is 54.3 Å². The highest BCUT2D eigenvalue weighted by Crippen LogP contribution is 2.21. The molecule has 0 bridgehead atoms. The van der Waals surface area contributed by atoms with Gasteiger partial charge < -0.3 is 14.8 Å². The van der Waals surface area contributed by atoms with Crippen LogP contribution in [0.1, 0.15) is 25.0 Å². The Labute approximate surface area is 182 Å². The summed E-state index contributed by atoms with van der Waals surface area (Å²) in [5.41, 5.74) is 4.22. The Balaban J connectivity index is 1.56. The lowest BCUT2D eigenvalue weighted by molar-refractivity contribution is -0.131. The summed E-state index contributed by atoms with van der Waals surface area (Å²) in [5.74, 6) is 1.32. The van der Waals surface area contributed by atoms with Crippen molar-refractivity contribution < 1.29 is 9.59 Å². The van der Waals surface area contributed by atoms with Crippen molar-refractivity contribution in [2.24, 2.45) is 0 Å². The number of nitrogens with one attached hydrogen (secondary N) is 1. The largest absolute Gasteiger partial charge is 0.342 e. The molecule has 0 aliphatic carbocycles. The molecule has 0 unspecified atom stereocenters. The van der Waals surface area contributed by atoms with Crippen molar-refractivity contribution in [1.29, 1.82) is 0 Å². The number of hydrogen-bond acceptors (Lipinski definition) is 3. The van der Waals surface area contributed by atoms with Gasteiger partial charge in [-0.1, -0.05) is 29.8 Å². The van der Waals surface area contributed by atoms with Gasteiger partial charge in [-0.05, 0) is 50.6 Å². The van der Waals surface area contributed by atoms with Gasteiger partial charge in [0.05, 0.1) is 5.75 Å². The predicted molar refractivity (Wildman–Crippen MR) is 126 cm³/mol. The Morgan fingerprint density at radius 2 is 1.77 bits per heavy atom. The number of carbonyl (C=O) groups excluding carboxylic acids is 2. The third-order valence-electron chi connectivity index (χ3n) is 5.10. The highest BCUT2D eigenvalue weighted by atomic mass is 32.2. The first kappa shape index (κ1) is 22.0. The summed E-state index contributed by atoms with van der Waals surface area (Å²) in [6.45, 7) is 7.80. The van der Waals surface area contributed by atoms with Crippen molar-refractivity contribution in [1.82, 2.24) is 9.47 Å². The molecule has 0 saturated carbocycles. The van der Waals surface area contributed by atoms with Crippen LogP contribution in [-0.2, 0) is 21.9 Å². The number of nitrogens with zero attached hydrogens (tertiary/aromatic N) is 2. The molecule has 0 atom stereocenters. The zero-order valence-electron chi connectivity index (χ0n) is 17.9. The van der Waals surface area contributed by atoms with E-state index in [0.29, 0.717) is 25.4 Å². The van der Waals surface area contributed by atoms with E-state index in [0.717, 1.165) is 22.3 Å². The third-order valence-corrected chi connectivity index (χ3v) is 6.10. The second-order valence-corrected chi connectivity index (χ2v) is 8.30. The number of likely N-dealkylation sites (N-methyl/N-ethyl adjacent to an activating group) is 1. The summed E-state index contributed by atoms with van der Waals surface area (Å²) >= 11 is 1.60. The molecule has 0 spiro atoms. The lowest BCUT2D eigenvalue weighted by Crippen LogP contribution is -2.33. The van der Waals surface area contributed by atoms with Gasteiger partial charge in [0.1, 0.15) is 6.54 Å². The van der Waals surface area contributed by atoms with Gasteiger partial charge in [0, 0.05) is 41.6 Å². The number of aryl methyl sites for hydroxylation is 1. The highest BCUT2D eigenvalue weighted by molar-refractivity contribution is 7.99. The summed E-state index contributed by atoms with van der Waals surface area (Å²) in [6, 6.07) is 16.2. The van der Waals surface area contributed by atoms with Crippen LogP contribution in [0.5, 0.6) is 0 Å². The number of hydrogen-bond donors (Lipinski definition) is 1. The van der Waals surface area contributed by atoms with Crippen molar-refractivity contribution in [3.8, 4) is 0 Å². The minimum absolute atomic E-state index is 0.0115. The van der Waals surface area contributed by atoms with E-state index < -0.39 is 0 Å². The van der Waals surface area contributed by atoms with Gasteiger partial charge >= 0.3 is 0 Å². The summed E-state index contributed by atoms with van der Waals surface area (Å²) in [4.78, 5) is 26.5. The smallest absolute Gasteiger partial charge is 0.242 e. The first-order valence-corrected chi connectivity index (χ1v) is 11.5. The molecule has 3 aromatic rings. The Morgan fingerprint density at radius 1 is 1.03 bits per heavy atom. The van der Waals surface area contributed by atoms with E-state index in [9.17, 15) is 9.59 Å². The van der Waals surface area contributed by atoms with Crippen LogP contribution < -0.4 is 5.32 Å². The molecule has 6 heteroatoms. The van der Waals surface area contributed by atoms with E-state index in [1.54, 1.807) is 11.8 Å². The van der Waals surface area contributed by atoms with E-state index in [2.05, 4.69) is 36.5 Å². The van der Waals surface area contributed by atoms with Crippen LogP contribution in [0.4, 0.5) is 5.69 Å². The minimum atomic E-state index is -0.0115. The normalized spacial score (nSPS) is 10.9. The first-order valence-electron chi connectivity index (χ1n) is 10.3. The van der Waals surface area contributed by atoms with Crippen molar-refractivity contribution in [2.75, 3.05) is 24.2 Å². The van der Waals surface area contributed by atoms with Gasteiger partial charge in [0.15, 0.2) is 0 Å². The van der Waals surface area contributed by atoms with Crippen molar-refractivity contribution in [3.05, 3.63) is 65.9 Å².